The van der Waals surface area contributed by atoms with Gasteiger partial charge in [0.15, 0.2) is 0 Å². The number of primary sulfonamides is 1. The van der Waals surface area contributed by atoms with E-state index in [2.05, 4.69) is 9.88 Å². The van der Waals surface area contributed by atoms with Gasteiger partial charge in [0.05, 0.1) is 5.69 Å². The van der Waals surface area contributed by atoms with Gasteiger partial charge in [-0.2, -0.15) is 0 Å². The quantitative estimate of drug-likeness (QED) is 0.843. The Morgan fingerprint density at radius 2 is 2.06 bits per heavy atom. The standard InChI is InChI=1S/C11H17N3O2S/c12-17(15,16)11-4-3-6-13-10(11)5-9-14-7-1-2-8-14/h3-4,6H,1-2,5,7-9H2,(H2,12,15,16). The first kappa shape index (κ1) is 12.5. The van der Waals surface area contributed by atoms with Crippen LogP contribution in [0.25, 0.3) is 0 Å². The Morgan fingerprint density at radius 3 is 2.71 bits per heavy atom. The fourth-order valence-corrected chi connectivity index (χ4v) is 2.89. The molecule has 1 saturated heterocycles. The van der Waals surface area contributed by atoms with Crippen LogP contribution >= 0.6 is 0 Å². The highest BCUT2D eigenvalue weighted by Crippen LogP contribution is 2.13. The molecule has 0 amide bonds. The third kappa shape index (κ3) is 3.24. The Hall–Kier alpha value is -0.980. The first-order chi connectivity index (χ1) is 8.07. The van der Waals surface area contributed by atoms with Gasteiger partial charge >= 0.3 is 0 Å². The molecule has 5 nitrogen and oxygen atoms in total. The monoisotopic (exact) mass is 255 g/mol. The van der Waals surface area contributed by atoms with Crippen molar-refractivity contribution < 1.29 is 8.42 Å². The van der Waals surface area contributed by atoms with Gasteiger partial charge in [-0.25, -0.2) is 13.6 Å². The van der Waals surface area contributed by atoms with Gasteiger partial charge in [-0.1, -0.05) is 0 Å². The van der Waals surface area contributed by atoms with Gasteiger partial charge in [0, 0.05) is 19.2 Å². The van der Waals surface area contributed by atoms with Gasteiger partial charge in [0.25, 0.3) is 0 Å². The first-order valence-electron chi connectivity index (χ1n) is 5.76. The van der Waals surface area contributed by atoms with Gasteiger partial charge in [0.2, 0.25) is 10.0 Å². The minimum atomic E-state index is -3.66. The number of nitrogens with two attached hydrogens (primary N) is 1. The van der Waals surface area contributed by atoms with Crippen LogP contribution in [0, 0.1) is 0 Å². The van der Waals surface area contributed by atoms with Gasteiger partial charge in [0.1, 0.15) is 4.90 Å². The highest BCUT2D eigenvalue weighted by Gasteiger charge is 2.16. The third-order valence-corrected chi connectivity index (χ3v) is 4.00. The Balaban J connectivity index is 2.09. The highest BCUT2D eigenvalue weighted by atomic mass is 32.2. The van der Waals surface area contributed by atoms with Crippen LogP contribution in [0.4, 0.5) is 0 Å². The Labute approximate surface area is 102 Å². The van der Waals surface area contributed by atoms with Crippen molar-refractivity contribution in [2.75, 3.05) is 19.6 Å². The molecule has 0 bridgehead atoms. The SMILES string of the molecule is NS(=O)(=O)c1cccnc1CCN1CCCC1. The maximum absolute atomic E-state index is 11.4. The molecule has 0 spiro atoms. The van der Waals surface area contributed by atoms with E-state index in [0.29, 0.717) is 12.1 Å². The Morgan fingerprint density at radius 1 is 1.35 bits per heavy atom. The summed E-state index contributed by atoms with van der Waals surface area (Å²) in [5, 5.41) is 5.16. The molecule has 2 rings (SSSR count). The zero-order chi connectivity index (χ0) is 12.3. The summed E-state index contributed by atoms with van der Waals surface area (Å²) in [6.45, 7) is 3.04. The number of hydrogen-bond acceptors (Lipinski definition) is 4. The summed E-state index contributed by atoms with van der Waals surface area (Å²) >= 11 is 0. The molecule has 0 aromatic carbocycles. The summed E-state index contributed by atoms with van der Waals surface area (Å²) in [7, 11) is -3.66. The summed E-state index contributed by atoms with van der Waals surface area (Å²) in [5.41, 5.74) is 0.571. The number of pyridine rings is 1. The van der Waals surface area contributed by atoms with Crippen molar-refractivity contribution in [3.8, 4) is 0 Å². The van der Waals surface area contributed by atoms with Crippen LogP contribution in [-0.2, 0) is 16.4 Å². The second kappa shape index (κ2) is 5.12. The predicted molar refractivity (Wildman–Crippen MR) is 65.0 cm³/mol. The lowest BCUT2D eigenvalue weighted by molar-refractivity contribution is 0.341. The van der Waals surface area contributed by atoms with Crippen LogP contribution in [0.1, 0.15) is 18.5 Å². The first-order valence-corrected chi connectivity index (χ1v) is 7.31. The molecule has 2 N–H and O–H groups in total. The normalized spacial score (nSPS) is 17.5. The summed E-state index contributed by atoms with van der Waals surface area (Å²) in [4.78, 5) is 6.59. The van der Waals surface area contributed by atoms with E-state index < -0.39 is 10.0 Å². The Bertz CT molecular complexity index is 481. The van der Waals surface area contributed by atoms with Crippen molar-refractivity contribution in [1.29, 1.82) is 0 Å². The van der Waals surface area contributed by atoms with Crippen LogP contribution < -0.4 is 5.14 Å². The van der Waals surface area contributed by atoms with Gasteiger partial charge < -0.3 is 4.90 Å². The van der Waals surface area contributed by atoms with E-state index in [4.69, 9.17) is 5.14 Å². The summed E-state index contributed by atoms with van der Waals surface area (Å²) in [6.07, 6.45) is 4.69. The largest absolute Gasteiger partial charge is 0.303 e. The smallest absolute Gasteiger partial charge is 0.239 e. The van der Waals surface area contributed by atoms with Crippen molar-refractivity contribution in [3.05, 3.63) is 24.0 Å². The van der Waals surface area contributed by atoms with Crippen molar-refractivity contribution in [2.24, 2.45) is 5.14 Å². The molecule has 0 atom stereocenters. The van der Waals surface area contributed by atoms with E-state index in [1.54, 1.807) is 12.3 Å². The molecular weight excluding hydrogens is 238 g/mol. The fourth-order valence-electron chi connectivity index (χ4n) is 2.14. The number of nitrogens with zero attached hydrogens (tertiary/aromatic N) is 2. The van der Waals surface area contributed by atoms with Crippen LogP contribution in [-0.4, -0.2) is 37.9 Å². The molecule has 2 heterocycles. The lowest BCUT2D eigenvalue weighted by Gasteiger charge is -2.14. The molecule has 0 radical (unpaired) electrons. The lowest BCUT2D eigenvalue weighted by Crippen LogP contribution is -2.24. The van der Waals surface area contributed by atoms with E-state index in [9.17, 15) is 8.42 Å². The van der Waals surface area contributed by atoms with Gasteiger partial charge in [-0.3, -0.25) is 4.98 Å². The maximum Gasteiger partial charge on any atom is 0.239 e. The second-order valence-electron chi connectivity index (χ2n) is 4.29. The van der Waals surface area contributed by atoms with E-state index in [1.807, 2.05) is 0 Å². The fraction of sp³-hybridized carbons (Fsp3) is 0.545. The number of likely N-dealkylation sites (tertiary alicyclic amines) is 1. The summed E-state index contributed by atoms with van der Waals surface area (Å²) < 4.78 is 22.7. The lowest BCUT2D eigenvalue weighted by atomic mass is 10.2. The van der Waals surface area contributed by atoms with Crippen LogP contribution in [0.2, 0.25) is 0 Å². The van der Waals surface area contributed by atoms with Gasteiger partial charge in [-0.05, 0) is 38.1 Å². The molecule has 6 heteroatoms. The minimum Gasteiger partial charge on any atom is -0.303 e. The molecule has 1 aromatic heterocycles. The summed E-state index contributed by atoms with van der Waals surface area (Å²) in [5.74, 6) is 0. The molecule has 1 aliphatic heterocycles. The number of sulfonamides is 1. The Kier molecular flexibility index (Phi) is 3.76. The molecule has 17 heavy (non-hydrogen) atoms. The molecule has 94 valence electrons. The van der Waals surface area contributed by atoms with Crippen LogP contribution in [0.5, 0.6) is 0 Å². The van der Waals surface area contributed by atoms with Crippen LogP contribution in [0.3, 0.4) is 0 Å². The average molecular weight is 255 g/mol. The minimum absolute atomic E-state index is 0.152. The third-order valence-electron chi connectivity index (χ3n) is 3.02. The average Bonchev–Trinajstić information content (AvgIpc) is 2.78. The van der Waals surface area contributed by atoms with Crippen molar-refractivity contribution in [3.63, 3.8) is 0 Å². The number of rotatable bonds is 4. The van der Waals surface area contributed by atoms with Crippen molar-refractivity contribution in [2.45, 2.75) is 24.2 Å². The second-order valence-corrected chi connectivity index (χ2v) is 5.82. The summed E-state index contributed by atoms with van der Waals surface area (Å²) in [6, 6.07) is 3.11. The molecule has 1 aliphatic rings. The van der Waals surface area contributed by atoms with E-state index in [1.165, 1.54) is 18.9 Å². The van der Waals surface area contributed by atoms with E-state index in [0.717, 1.165) is 19.6 Å². The molecular formula is C11H17N3O2S. The maximum atomic E-state index is 11.4. The molecule has 1 fully saturated rings. The topological polar surface area (TPSA) is 76.3 Å². The molecule has 1 aromatic rings. The zero-order valence-corrected chi connectivity index (χ0v) is 10.5. The predicted octanol–water partition coefficient (Wildman–Crippen LogP) is 0.367. The van der Waals surface area contributed by atoms with E-state index in [-0.39, 0.29) is 4.90 Å². The highest BCUT2D eigenvalue weighted by molar-refractivity contribution is 7.89. The van der Waals surface area contributed by atoms with E-state index >= 15 is 0 Å². The van der Waals surface area contributed by atoms with Crippen molar-refractivity contribution >= 4 is 10.0 Å². The zero-order valence-electron chi connectivity index (χ0n) is 9.67. The molecule has 0 saturated carbocycles. The van der Waals surface area contributed by atoms with Crippen LogP contribution in [0.15, 0.2) is 23.2 Å². The van der Waals surface area contributed by atoms with Gasteiger partial charge in [-0.15, -0.1) is 0 Å². The molecule has 0 unspecified atom stereocenters. The van der Waals surface area contributed by atoms with Crippen molar-refractivity contribution in [1.82, 2.24) is 9.88 Å². The number of aromatic nitrogens is 1. The molecule has 0 aliphatic carbocycles. The number of hydrogen-bond donors (Lipinski definition) is 1.